The highest BCUT2D eigenvalue weighted by Crippen LogP contribution is 2.55. The summed E-state index contributed by atoms with van der Waals surface area (Å²) in [6, 6.07) is 9.10. The Balaban J connectivity index is 1.53. The van der Waals surface area contributed by atoms with Crippen LogP contribution in [0.4, 0.5) is 4.79 Å². The van der Waals surface area contributed by atoms with E-state index in [1.54, 1.807) is 0 Å². The molecule has 1 aromatic rings. The van der Waals surface area contributed by atoms with Crippen molar-refractivity contribution in [2.45, 2.75) is 31.9 Å². The number of alkyl carbamates (subject to hydrolysis) is 1. The summed E-state index contributed by atoms with van der Waals surface area (Å²) in [6.07, 6.45) is 2.88. The first-order valence-corrected chi connectivity index (χ1v) is 8.85. The predicted molar refractivity (Wildman–Crippen MR) is 86.7 cm³/mol. The summed E-state index contributed by atoms with van der Waals surface area (Å²) in [4.78, 5) is 24.1. The fourth-order valence-electron chi connectivity index (χ4n) is 3.47. The van der Waals surface area contributed by atoms with Gasteiger partial charge in [0.05, 0.1) is 11.4 Å². The predicted octanol–water partition coefficient (Wildman–Crippen LogP) is 3.29. The van der Waals surface area contributed by atoms with E-state index in [1.165, 1.54) is 6.42 Å². The van der Waals surface area contributed by atoms with E-state index in [0.717, 1.165) is 30.2 Å². The number of Topliss-reactive ketones (excluding diaryl/α,β-unsaturated/α-hetero) is 1. The number of fused-ring (bicyclic) bond motifs is 1. The maximum Gasteiger partial charge on any atom is 0.408 e. The van der Waals surface area contributed by atoms with Crippen LogP contribution < -0.4 is 5.32 Å². The van der Waals surface area contributed by atoms with Crippen molar-refractivity contribution in [1.82, 2.24) is 5.32 Å². The van der Waals surface area contributed by atoms with Gasteiger partial charge in [0, 0.05) is 0 Å². The number of rotatable bonds is 6. The third-order valence-electron chi connectivity index (χ3n) is 4.72. The Morgan fingerprint density at radius 1 is 1.18 bits per heavy atom. The molecule has 4 atom stereocenters. The summed E-state index contributed by atoms with van der Waals surface area (Å²) >= 11 is 3.21. The number of benzene rings is 1. The highest BCUT2D eigenvalue weighted by atomic mass is 79.9. The summed E-state index contributed by atoms with van der Waals surface area (Å²) in [5.41, 5.74) is 0.933. The third-order valence-corrected chi connectivity index (χ3v) is 5.27. The lowest BCUT2D eigenvalue weighted by molar-refractivity contribution is -0.119. The maximum absolute atomic E-state index is 12.1. The van der Waals surface area contributed by atoms with E-state index in [0.29, 0.717) is 0 Å². The minimum absolute atomic E-state index is 0.0305. The first-order valence-electron chi connectivity index (χ1n) is 7.73. The second-order valence-electron chi connectivity index (χ2n) is 6.27. The Labute approximate surface area is 138 Å². The summed E-state index contributed by atoms with van der Waals surface area (Å²) < 4.78 is 5.23. The Kier molecular flexibility index (Phi) is 4.81. The number of ketones is 1. The molecule has 0 aromatic heterocycles. The molecule has 22 heavy (non-hydrogen) atoms. The Morgan fingerprint density at radius 2 is 1.86 bits per heavy atom. The molecule has 1 amide bonds. The van der Waals surface area contributed by atoms with Crippen LogP contribution in [0.3, 0.4) is 0 Å². The van der Waals surface area contributed by atoms with Gasteiger partial charge in [-0.15, -0.1) is 0 Å². The van der Waals surface area contributed by atoms with Gasteiger partial charge in [0.2, 0.25) is 0 Å². The van der Waals surface area contributed by atoms with Crippen LogP contribution in [0, 0.1) is 17.8 Å². The Morgan fingerprint density at radius 3 is 2.50 bits per heavy atom. The second-order valence-corrected chi connectivity index (χ2v) is 6.83. The van der Waals surface area contributed by atoms with Gasteiger partial charge in [-0.1, -0.05) is 46.3 Å². The molecule has 0 aliphatic heterocycles. The van der Waals surface area contributed by atoms with Gasteiger partial charge in [-0.2, -0.15) is 0 Å². The fraction of sp³-hybridized carbons (Fsp3) is 0.529. The lowest BCUT2D eigenvalue weighted by Crippen LogP contribution is -2.46. The molecule has 2 aliphatic rings. The number of carbonyl (C=O) groups excluding carboxylic acids is 2. The smallest absolute Gasteiger partial charge is 0.408 e. The van der Waals surface area contributed by atoms with Crippen LogP contribution in [0.25, 0.3) is 0 Å². The van der Waals surface area contributed by atoms with Crippen molar-refractivity contribution in [2.24, 2.45) is 17.8 Å². The number of nitrogens with one attached hydrogen (secondary N) is 1. The number of hydrogen-bond acceptors (Lipinski definition) is 3. The topological polar surface area (TPSA) is 55.4 Å². The number of ether oxygens (including phenoxy) is 1. The van der Waals surface area contributed by atoms with Crippen LogP contribution in [0.5, 0.6) is 0 Å². The molecule has 1 unspecified atom stereocenters. The van der Waals surface area contributed by atoms with Crippen molar-refractivity contribution in [3.63, 3.8) is 0 Å². The zero-order chi connectivity index (χ0) is 15.5. The lowest BCUT2D eigenvalue weighted by Gasteiger charge is -2.23. The summed E-state index contributed by atoms with van der Waals surface area (Å²) in [7, 11) is 0. The summed E-state index contributed by atoms with van der Waals surface area (Å²) in [6.45, 7) is 0.220. The number of carbonyl (C=O) groups is 2. The van der Waals surface area contributed by atoms with Gasteiger partial charge in [0.25, 0.3) is 0 Å². The van der Waals surface area contributed by atoms with E-state index in [-0.39, 0.29) is 23.6 Å². The van der Waals surface area contributed by atoms with Gasteiger partial charge < -0.3 is 10.1 Å². The van der Waals surface area contributed by atoms with Crippen molar-refractivity contribution in [3.05, 3.63) is 35.9 Å². The van der Waals surface area contributed by atoms with Crippen LogP contribution in [-0.4, -0.2) is 23.2 Å². The average Bonchev–Trinajstić information content (AvgIpc) is 3.16. The monoisotopic (exact) mass is 365 g/mol. The van der Waals surface area contributed by atoms with E-state index < -0.39 is 12.1 Å². The van der Waals surface area contributed by atoms with Gasteiger partial charge in [-0.05, 0) is 42.6 Å². The zero-order valence-corrected chi connectivity index (χ0v) is 13.9. The molecule has 0 bridgehead atoms. The highest BCUT2D eigenvalue weighted by Gasteiger charge is 2.49. The van der Waals surface area contributed by atoms with Gasteiger partial charge in [0.1, 0.15) is 6.61 Å². The van der Waals surface area contributed by atoms with Crippen LogP contribution in [-0.2, 0) is 16.1 Å². The third kappa shape index (κ3) is 3.69. The number of hydrogen-bond donors (Lipinski definition) is 1. The molecule has 4 nitrogen and oxygen atoms in total. The summed E-state index contributed by atoms with van der Waals surface area (Å²) in [5, 5.41) is 3.05. The first-order chi connectivity index (χ1) is 10.7. The highest BCUT2D eigenvalue weighted by molar-refractivity contribution is 9.09. The largest absolute Gasteiger partial charge is 0.445 e. The SMILES string of the molecule is O=C(N[C@H](C(=O)CBr)C1C[C@@H]2C[C@@H]2C1)OCc1ccccc1. The second kappa shape index (κ2) is 6.82. The van der Waals surface area contributed by atoms with Gasteiger partial charge in [0.15, 0.2) is 5.78 Å². The molecule has 5 heteroatoms. The molecule has 0 saturated heterocycles. The Hall–Kier alpha value is -1.36. The van der Waals surface area contributed by atoms with E-state index in [4.69, 9.17) is 4.74 Å². The fourth-order valence-corrected chi connectivity index (χ4v) is 3.82. The van der Waals surface area contributed by atoms with Crippen molar-refractivity contribution in [2.75, 3.05) is 5.33 Å². The molecule has 2 saturated carbocycles. The molecular formula is C17H20BrNO3. The van der Waals surface area contributed by atoms with E-state index in [1.807, 2.05) is 30.3 Å². The van der Waals surface area contributed by atoms with Crippen LogP contribution in [0.15, 0.2) is 30.3 Å². The van der Waals surface area contributed by atoms with Gasteiger partial charge in [-0.25, -0.2) is 4.79 Å². The van der Waals surface area contributed by atoms with Gasteiger partial charge in [-0.3, -0.25) is 4.79 Å². The molecular weight excluding hydrogens is 346 g/mol. The van der Waals surface area contributed by atoms with Crippen molar-refractivity contribution >= 4 is 27.8 Å². The zero-order valence-electron chi connectivity index (χ0n) is 12.3. The maximum atomic E-state index is 12.1. The van der Waals surface area contributed by atoms with E-state index in [9.17, 15) is 9.59 Å². The minimum Gasteiger partial charge on any atom is -0.445 e. The van der Waals surface area contributed by atoms with Crippen LogP contribution in [0.1, 0.15) is 24.8 Å². The molecule has 0 heterocycles. The normalized spacial score (nSPS) is 26.9. The molecule has 118 valence electrons. The van der Waals surface area contributed by atoms with Gasteiger partial charge >= 0.3 is 6.09 Å². The Bertz CT molecular complexity index is 538. The molecule has 2 fully saturated rings. The lowest BCUT2D eigenvalue weighted by atomic mass is 9.92. The van der Waals surface area contributed by atoms with Crippen molar-refractivity contribution in [1.29, 1.82) is 0 Å². The van der Waals surface area contributed by atoms with E-state index in [2.05, 4.69) is 21.2 Å². The minimum atomic E-state index is -0.510. The number of alkyl halides is 1. The van der Waals surface area contributed by atoms with Crippen LogP contribution in [0.2, 0.25) is 0 Å². The van der Waals surface area contributed by atoms with E-state index >= 15 is 0 Å². The number of amides is 1. The molecule has 0 radical (unpaired) electrons. The summed E-state index contributed by atoms with van der Waals surface area (Å²) in [5.74, 6) is 1.84. The number of halogens is 1. The van der Waals surface area contributed by atoms with Crippen LogP contribution >= 0.6 is 15.9 Å². The average molecular weight is 366 g/mol. The molecule has 1 aromatic carbocycles. The molecule has 1 N–H and O–H groups in total. The molecule has 3 rings (SSSR count). The standard InChI is InChI=1S/C17H20BrNO3/c18-9-15(20)16(14-7-12-6-13(12)8-14)19-17(21)22-10-11-4-2-1-3-5-11/h1-5,12-14,16H,6-10H2,(H,19,21)/t12-,13+,14?,16-/m0/s1. The van der Waals surface area contributed by atoms with Crippen molar-refractivity contribution < 1.29 is 14.3 Å². The molecule has 0 spiro atoms. The first kappa shape index (κ1) is 15.5. The quantitative estimate of drug-likeness (QED) is 0.786. The van der Waals surface area contributed by atoms with Crippen molar-refractivity contribution in [3.8, 4) is 0 Å². The molecule has 2 aliphatic carbocycles.